The average Bonchev–Trinajstić information content (AvgIpc) is 3.19. The first-order valence-corrected chi connectivity index (χ1v) is 12.9. The van der Waals surface area contributed by atoms with Crippen molar-refractivity contribution in [2.24, 2.45) is 5.92 Å². The Balaban J connectivity index is 0.00000222. The van der Waals surface area contributed by atoms with Gasteiger partial charge in [0.25, 0.3) is 5.56 Å². The Morgan fingerprint density at radius 2 is 1.89 bits per heavy atom. The number of terminal acetylenes is 1. The molecule has 196 valence electrons. The molecule has 2 N–H and O–H groups in total. The summed E-state index contributed by atoms with van der Waals surface area (Å²) < 4.78 is 37.3. The lowest BCUT2D eigenvalue weighted by Gasteiger charge is -2.24. The second-order valence-corrected chi connectivity index (χ2v) is 10.1. The maximum atomic E-state index is 13.6. The van der Waals surface area contributed by atoms with Crippen LogP contribution in [0, 0.1) is 18.8 Å². The number of hydrogen-bond donors (Lipinski definition) is 2. The van der Waals surface area contributed by atoms with Crippen LogP contribution in [0.25, 0.3) is 0 Å². The molecule has 2 aromatic rings. The Kier molecular flexibility index (Phi) is 10.7. The lowest BCUT2D eigenvalue weighted by molar-refractivity contribution is -0.149. The zero-order valence-electron chi connectivity index (χ0n) is 20.7. The first kappa shape index (κ1) is 29.1. The van der Waals surface area contributed by atoms with Gasteiger partial charge in [-0.2, -0.15) is 5.09 Å². The van der Waals surface area contributed by atoms with Crippen LogP contribution in [0.2, 0.25) is 0 Å². The van der Waals surface area contributed by atoms with Gasteiger partial charge < -0.3 is 14.0 Å². The molecule has 1 aliphatic heterocycles. The molecule has 36 heavy (non-hydrogen) atoms. The first-order valence-electron chi connectivity index (χ1n) is 11.3. The summed E-state index contributed by atoms with van der Waals surface area (Å²) in [6.45, 7) is 6.70. The van der Waals surface area contributed by atoms with Gasteiger partial charge in [0, 0.05) is 18.2 Å². The fraction of sp³-hybridized carbons (Fsp3) is 0.458. The van der Waals surface area contributed by atoms with Crippen molar-refractivity contribution >= 4 is 13.7 Å². The molecular formula is C24H32N3O8P. The number of hydrogen-bond acceptors (Lipinski definition) is 8. The number of rotatable bonds is 10. The predicted molar refractivity (Wildman–Crippen MR) is 133 cm³/mol. The highest BCUT2D eigenvalue weighted by Crippen LogP contribution is 2.46. The highest BCUT2D eigenvalue weighted by Gasteiger charge is 2.38. The van der Waals surface area contributed by atoms with Gasteiger partial charge in [0.2, 0.25) is 0 Å². The number of para-hydroxylation sites is 1. The molecule has 1 aromatic heterocycles. The third-order valence-electron chi connectivity index (χ3n) is 5.04. The Morgan fingerprint density at radius 1 is 1.22 bits per heavy atom. The second kappa shape index (κ2) is 13.2. The van der Waals surface area contributed by atoms with Crippen LogP contribution in [0.5, 0.6) is 5.75 Å². The van der Waals surface area contributed by atoms with Crippen molar-refractivity contribution in [3.63, 3.8) is 0 Å². The van der Waals surface area contributed by atoms with Crippen LogP contribution in [-0.2, 0) is 23.4 Å². The highest BCUT2D eigenvalue weighted by atomic mass is 31.2. The van der Waals surface area contributed by atoms with Gasteiger partial charge in [0.1, 0.15) is 18.0 Å². The van der Waals surface area contributed by atoms with Crippen molar-refractivity contribution in [2.75, 3.05) is 6.61 Å². The third kappa shape index (κ3) is 8.21. The molecule has 0 spiro atoms. The summed E-state index contributed by atoms with van der Waals surface area (Å²) in [4.78, 5) is 37.9. The Morgan fingerprint density at radius 3 is 2.50 bits per heavy atom. The number of carbonyl (C=O) groups is 1. The molecule has 1 saturated heterocycles. The van der Waals surface area contributed by atoms with Gasteiger partial charge in [-0.25, -0.2) is 9.36 Å². The van der Waals surface area contributed by atoms with Gasteiger partial charge in [-0.3, -0.25) is 23.7 Å². The number of carbonyl (C=O) groups excluding carboxylic acids is 1. The van der Waals surface area contributed by atoms with E-state index in [0.29, 0.717) is 12.2 Å². The molecule has 0 saturated carbocycles. The van der Waals surface area contributed by atoms with Crippen molar-refractivity contribution in [3.05, 3.63) is 63.4 Å². The van der Waals surface area contributed by atoms with Crippen molar-refractivity contribution < 1.29 is 27.9 Å². The Labute approximate surface area is 209 Å². The van der Waals surface area contributed by atoms with E-state index in [9.17, 15) is 18.9 Å². The summed E-state index contributed by atoms with van der Waals surface area (Å²) in [5, 5.41) is 2.63. The number of aromatic nitrogens is 2. The highest BCUT2D eigenvalue weighted by molar-refractivity contribution is 7.52. The SMILES string of the molecule is C#C.CC(C)OC(=O)[C@H](C)NP(=O)(OC[C@@H]1C[C@H](C)[C@H](n2ccc(=O)[nH]c2=O)O1)Oc1ccccc1. The lowest BCUT2D eigenvalue weighted by atomic mass is 10.1. The number of nitrogens with zero attached hydrogens (tertiary/aromatic N) is 1. The molecule has 0 radical (unpaired) electrons. The predicted octanol–water partition coefficient (Wildman–Crippen LogP) is 2.84. The molecule has 1 fully saturated rings. The standard InChI is InChI=1S/C22H30N3O8P.C2H2/c1-14(2)31-21(27)16(4)24-34(29,33-17-8-6-5-7-9-17)30-13-18-12-15(3)20(32-18)25-11-10-19(26)23-22(25)28;1-2/h5-11,14-16,18,20H,12-13H2,1-4H3,(H,24,29)(H,23,26,28);1-2H/t15-,16-,18-,20+,34?;/m0./s1. The molecule has 5 atom stereocenters. The minimum atomic E-state index is -4.02. The summed E-state index contributed by atoms with van der Waals surface area (Å²) >= 11 is 0. The van der Waals surface area contributed by atoms with Crippen LogP contribution in [-0.4, -0.2) is 40.4 Å². The fourth-order valence-electron chi connectivity index (χ4n) is 3.51. The third-order valence-corrected chi connectivity index (χ3v) is 6.68. The zero-order chi connectivity index (χ0) is 26.9. The Hall–Kier alpha value is -3.16. The maximum Gasteiger partial charge on any atom is 0.459 e. The van der Waals surface area contributed by atoms with Crippen molar-refractivity contribution in [3.8, 4) is 18.6 Å². The molecule has 0 aliphatic carbocycles. The lowest BCUT2D eigenvalue weighted by Crippen LogP contribution is -2.36. The molecule has 11 nitrogen and oxygen atoms in total. The van der Waals surface area contributed by atoms with Crippen LogP contribution >= 0.6 is 7.75 Å². The molecule has 0 bridgehead atoms. The molecule has 1 aliphatic rings. The number of benzene rings is 1. The minimum absolute atomic E-state index is 0.0838. The van der Waals surface area contributed by atoms with E-state index in [0.717, 1.165) is 0 Å². The molecule has 0 amide bonds. The van der Waals surface area contributed by atoms with E-state index < -0.39 is 43.3 Å². The van der Waals surface area contributed by atoms with E-state index in [1.165, 1.54) is 23.8 Å². The number of aromatic amines is 1. The van der Waals surface area contributed by atoms with Crippen LogP contribution < -0.4 is 20.9 Å². The summed E-state index contributed by atoms with van der Waals surface area (Å²) in [7, 11) is -4.02. The number of esters is 1. The van der Waals surface area contributed by atoms with Crippen LogP contribution in [0.1, 0.15) is 40.3 Å². The topological polar surface area (TPSA) is 138 Å². The maximum absolute atomic E-state index is 13.6. The van der Waals surface area contributed by atoms with E-state index >= 15 is 0 Å². The van der Waals surface area contributed by atoms with Crippen molar-refractivity contribution in [2.45, 2.75) is 58.6 Å². The van der Waals surface area contributed by atoms with Crippen LogP contribution in [0.15, 0.2) is 52.2 Å². The van der Waals surface area contributed by atoms with Crippen LogP contribution in [0.4, 0.5) is 0 Å². The van der Waals surface area contributed by atoms with Gasteiger partial charge >= 0.3 is 19.4 Å². The van der Waals surface area contributed by atoms with Gasteiger partial charge in [0.15, 0.2) is 0 Å². The van der Waals surface area contributed by atoms with Crippen molar-refractivity contribution in [1.82, 2.24) is 14.6 Å². The molecule has 3 rings (SSSR count). The zero-order valence-corrected chi connectivity index (χ0v) is 21.6. The molecule has 1 aromatic carbocycles. The van der Waals surface area contributed by atoms with Crippen LogP contribution in [0.3, 0.4) is 0 Å². The summed E-state index contributed by atoms with van der Waals surface area (Å²) in [6.07, 6.45) is 8.41. The average molecular weight is 522 g/mol. The number of nitrogens with one attached hydrogen (secondary N) is 2. The number of ether oxygens (including phenoxy) is 2. The Bertz CT molecular complexity index is 1180. The van der Waals surface area contributed by atoms with Gasteiger partial charge in [-0.15, -0.1) is 12.8 Å². The normalized spacial score (nSPS) is 21.6. The van der Waals surface area contributed by atoms with E-state index in [1.807, 2.05) is 6.92 Å². The van der Waals surface area contributed by atoms with E-state index in [1.54, 1.807) is 44.2 Å². The quantitative estimate of drug-likeness (QED) is 0.275. The van der Waals surface area contributed by atoms with E-state index in [-0.39, 0.29) is 18.6 Å². The van der Waals surface area contributed by atoms with E-state index in [4.69, 9.17) is 18.5 Å². The summed E-state index contributed by atoms with van der Waals surface area (Å²) in [6, 6.07) is 8.71. The smallest absolute Gasteiger partial charge is 0.459 e. The number of H-pyrrole nitrogens is 1. The first-order chi connectivity index (χ1) is 17.1. The minimum Gasteiger partial charge on any atom is -0.462 e. The summed E-state index contributed by atoms with van der Waals surface area (Å²) in [5.74, 6) is -0.389. The van der Waals surface area contributed by atoms with Gasteiger partial charge in [-0.1, -0.05) is 25.1 Å². The largest absolute Gasteiger partial charge is 0.462 e. The molecule has 2 heterocycles. The van der Waals surface area contributed by atoms with Gasteiger partial charge in [0.05, 0.1) is 18.8 Å². The van der Waals surface area contributed by atoms with Gasteiger partial charge in [-0.05, 0) is 39.3 Å². The molecule has 12 heteroatoms. The fourth-order valence-corrected chi connectivity index (χ4v) is 5.03. The van der Waals surface area contributed by atoms with E-state index in [2.05, 4.69) is 22.9 Å². The van der Waals surface area contributed by atoms with Crippen molar-refractivity contribution in [1.29, 1.82) is 0 Å². The monoisotopic (exact) mass is 521 g/mol. The molecular weight excluding hydrogens is 489 g/mol. The second-order valence-electron chi connectivity index (χ2n) is 8.41. The summed E-state index contributed by atoms with van der Waals surface area (Å²) in [5.41, 5.74) is -1.08. The molecule has 1 unspecified atom stereocenters.